The molecule has 3 rings (SSSR count). The summed E-state index contributed by atoms with van der Waals surface area (Å²) in [6.45, 7) is 5.32. The van der Waals surface area contributed by atoms with E-state index >= 15 is 0 Å². The van der Waals surface area contributed by atoms with E-state index in [1.54, 1.807) is 0 Å². The molecule has 0 aromatic heterocycles. The van der Waals surface area contributed by atoms with Crippen LogP contribution >= 0.6 is 0 Å². The van der Waals surface area contributed by atoms with Crippen molar-refractivity contribution in [2.24, 2.45) is 5.92 Å². The van der Waals surface area contributed by atoms with E-state index in [2.05, 4.69) is 13.0 Å². The third-order valence-corrected chi connectivity index (χ3v) is 6.39. The van der Waals surface area contributed by atoms with Crippen molar-refractivity contribution >= 4 is 5.97 Å². The number of aliphatic hydroxyl groups is 3. The maximum Gasteiger partial charge on any atom is 0.338 e. The minimum atomic E-state index is -1.60. The van der Waals surface area contributed by atoms with Crippen LogP contribution in [0.5, 0.6) is 17.2 Å². The molecule has 184 valence electrons. The van der Waals surface area contributed by atoms with E-state index in [9.17, 15) is 35.4 Å². The number of hydrogen-bond acceptors (Lipinski definition) is 10. The zero-order valence-corrected chi connectivity index (χ0v) is 18.8. The smallest absolute Gasteiger partial charge is 0.338 e. The number of rotatable bonds is 6. The molecule has 0 unspecified atom stereocenters. The van der Waals surface area contributed by atoms with Crippen LogP contribution in [0.3, 0.4) is 0 Å². The Morgan fingerprint density at radius 1 is 1.09 bits per heavy atom. The molecule has 10 nitrogen and oxygen atoms in total. The topological polar surface area (TPSA) is 166 Å². The van der Waals surface area contributed by atoms with E-state index in [0.29, 0.717) is 0 Å². The van der Waals surface area contributed by atoms with Crippen LogP contribution in [0.2, 0.25) is 0 Å². The van der Waals surface area contributed by atoms with E-state index in [1.165, 1.54) is 5.57 Å². The first-order valence-corrected chi connectivity index (χ1v) is 10.9. The molecular formula is C23H32O10. The molecule has 0 amide bonds. The van der Waals surface area contributed by atoms with Crippen molar-refractivity contribution in [2.75, 3.05) is 6.61 Å². The lowest BCUT2D eigenvalue weighted by molar-refractivity contribution is -0.328. The summed E-state index contributed by atoms with van der Waals surface area (Å²) in [7, 11) is 0. The molecule has 2 aliphatic rings. The highest BCUT2D eigenvalue weighted by Crippen LogP contribution is 2.37. The summed E-state index contributed by atoms with van der Waals surface area (Å²) in [5.74, 6) is -3.01. The van der Waals surface area contributed by atoms with Crippen molar-refractivity contribution in [3.63, 3.8) is 0 Å². The molecule has 6 N–H and O–H groups in total. The lowest BCUT2D eigenvalue weighted by atomic mass is 9.79. The van der Waals surface area contributed by atoms with Gasteiger partial charge in [0.15, 0.2) is 23.5 Å². The van der Waals surface area contributed by atoms with Gasteiger partial charge < -0.3 is 44.8 Å². The fraction of sp³-hybridized carbons (Fsp3) is 0.609. The number of hydrogen-bond donors (Lipinski definition) is 6. The molecule has 1 aliphatic heterocycles. The van der Waals surface area contributed by atoms with E-state index < -0.39 is 66.1 Å². The minimum absolute atomic E-state index is 0.159. The van der Waals surface area contributed by atoms with E-state index in [1.807, 2.05) is 13.8 Å². The molecule has 1 fully saturated rings. The monoisotopic (exact) mass is 468 g/mol. The first kappa shape index (κ1) is 25.3. The predicted octanol–water partition coefficient (Wildman–Crippen LogP) is 1.31. The number of phenolic OH excluding ortho intramolecular Hbond substituents is 3. The molecule has 0 spiro atoms. The van der Waals surface area contributed by atoms with Crippen molar-refractivity contribution < 1.29 is 49.6 Å². The molecule has 1 aromatic carbocycles. The highest BCUT2D eigenvalue weighted by molar-refractivity contribution is 5.91. The highest BCUT2D eigenvalue weighted by atomic mass is 16.7. The van der Waals surface area contributed by atoms with E-state index in [-0.39, 0.29) is 11.5 Å². The lowest BCUT2D eigenvalue weighted by Gasteiger charge is -2.45. The molecule has 0 bridgehead atoms. The summed E-state index contributed by atoms with van der Waals surface area (Å²) in [6.07, 6.45) is -2.35. The van der Waals surface area contributed by atoms with Crippen LogP contribution in [-0.4, -0.2) is 79.5 Å². The Morgan fingerprint density at radius 2 is 1.73 bits per heavy atom. The fourth-order valence-corrected chi connectivity index (χ4v) is 4.11. The molecule has 1 saturated heterocycles. The molecule has 33 heavy (non-hydrogen) atoms. The van der Waals surface area contributed by atoms with Gasteiger partial charge in [-0.05, 0) is 58.1 Å². The first-order valence-electron chi connectivity index (χ1n) is 10.9. The number of aliphatic hydroxyl groups excluding tert-OH is 3. The number of benzene rings is 1. The summed E-state index contributed by atoms with van der Waals surface area (Å²) >= 11 is 0. The van der Waals surface area contributed by atoms with Crippen LogP contribution in [0, 0.1) is 5.92 Å². The van der Waals surface area contributed by atoms with Gasteiger partial charge in [-0.25, -0.2) is 4.79 Å². The molecular weight excluding hydrogens is 436 g/mol. The lowest BCUT2D eigenvalue weighted by Crippen LogP contribution is -2.61. The molecule has 0 radical (unpaired) electrons. The summed E-state index contributed by atoms with van der Waals surface area (Å²) in [5, 5.41) is 59.5. The Balaban J connectivity index is 1.66. The van der Waals surface area contributed by atoms with Gasteiger partial charge in [-0.3, -0.25) is 0 Å². The summed E-state index contributed by atoms with van der Waals surface area (Å²) in [4.78, 5) is 12.3. The van der Waals surface area contributed by atoms with Crippen LogP contribution in [0.1, 0.15) is 50.4 Å². The summed E-state index contributed by atoms with van der Waals surface area (Å²) < 4.78 is 16.8. The van der Waals surface area contributed by atoms with Crippen LogP contribution < -0.4 is 0 Å². The number of phenols is 3. The number of aromatic hydroxyl groups is 3. The van der Waals surface area contributed by atoms with Gasteiger partial charge in [0, 0.05) is 0 Å². The summed E-state index contributed by atoms with van der Waals surface area (Å²) in [6, 6.07) is 1.81. The van der Waals surface area contributed by atoms with Gasteiger partial charge in [0.1, 0.15) is 31.0 Å². The van der Waals surface area contributed by atoms with Crippen LogP contribution in [0.25, 0.3) is 0 Å². The van der Waals surface area contributed by atoms with Crippen LogP contribution in [0.4, 0.5) is 0 Å². The SMILES string of the molecule is CC1=CC[C@H](C(C)(C)O[C@@H]2O[C@H](COC(=O)c3cc(O)c(O)c(O)c3)[C@@H](O)[C@H](O)[C@H]2O)CC1. The Kier molecular flexibility index (Phi) is 7.55. The zero-order chi connectivity index (χ0) is 24.5. The molecule has 10 heteroatoms. The Bertz CT molecular complexity index is 872. The summed E-state index contributed by atoms with van der Waals surface area (Å²) in [5.41, 5.74) is 0.364. The van der Waals surface area contributed by atoms with Gasteiger partial charge in [0.05, 0.1) is 11.2 Å². The molecule has 1 aromatic rings. The highest BCUT2D eigenvalue weighted by Gasteiger charge is 2.47. The van der Waals surface area contributed by atoms with Crippen molar-refractivity contribution in [2.45, 2.75) is 76.3 Å². The van der Waals surface area contributed by atoms with Gasteiger partial charge in [-0.15, -0.1) is 0 Å². The number of esters is 1. The van der Waals surface area contributed by atoms with Crippen LogP contribution in [-0.2, 0) is 14.2 Å². The third kappa shape index (κ3) is 5.59. The minimum Gasteiger partial charge on any atom is -0.504 e. The maximum absolute atomic E-state index is 12.3. The fourth-order valence-electron chi connectivity index (χ4n) is 4.11. The molecule has 1 heterocycles. The number of allylic oxidation sites excluding steroid dienone is 2. The first-order chi connectivity index (χ1) is 15.4. The second-order valence-corrected chi connectivity index (χ2v) is 9.22. The largest absolute Gasteiger partial charge is 0.504 e. The van der Waals surface area contributed by atoms with E-state index in [4.69, 9.17) is 14.2 Å². The second kappa shape index (κ2) is 9.86. The quantitative estimate of drug-likeness (QED) is 0.204. The molecule has 0 saturated carbocycles. The Morgan fingerprint density at radius 3 is 2.30 bits per heavy atom. The number of ether oxygens (including phenoxy) is 3. The predicted molar refractivity (Wildman–Crippen MR) is 115 cm³/mol. The van der Waals surface area contributed by atoms with Crippen molar-refractivity contribution in [3.05, 3.63) is 29.3 Å². The van der Waals surface area contributed by atoms with Gasteiger partial charge in [0.25, 0.3) is 0 Å². The van der Waals surface area contributed by atoms with Crippen molar-refractivity contribution in [3.8, 4) is 17.2 Å². The van der Waals surface area contributed by atoms with E-state index in [0.717, 1.165) is 31.4 Å². The third-order valence-electron chi connectivity index (χ3n) is 6.39. The maximum atomic E-state index is 12.3. The normalized spacial score (nSPS) is 30.5. The van der Waals surface area contributed by atoms with Gasteiger partial charge in [0.2, 0.25) is 0 Å². The van der Waals surface area contributed by atoms with Gasteiger partial charge in [-0.1, -0.05) is 11.6 Å². The van der Waals surface area contributed by atoms with Gasteiger partial charge in [-0.2, -0.15) is 0 Å². The van der Waals surface area contributed by atoms with Gasteiger partial charge >= 0.3 is 5.97 Å². The number of carbonyl (C=O) groups is 1. The van der Waals surface area contributed by atoms with Crippen molar-refractivity contribution in [1.82, 2.24) is 0 Å². The standard InChI is InChI=1S/C23H32O10/c1-11-4-6-13(7-5-11)23(2,3)33-22-20(29)19(28)18(27)16(32-22)10-31-21(30)12-8-14(24)17(26)15(25)9-12/h4,8-9,13,16,18-20,22,24-29H,5-7,10H2,1-3H3/t13-,16+,18+,19-,20+,22-/m0/s1. The second-order valence-electron chi connectivity index (χ2n) is 9.22. The molecule has 6 atom stereocenters. The number of carbonyl (C=O) groups excluding carboxylic acids is 1. The average Bonchev–Trinajstić information content (AvgIpc) is 2.76. The molecule has 1 aliphatic carbocycles. The Labute approximate surface area is 191 Å². The van der Waals surface area contributed by atoms with Crippen molar-refractivity contribution in [1.29, 1.82) is 0 Å². The zero-order valence-electron chi connectivity index (χ0n) is 18.8. The Hall–Kier alpha value is -2.37. The van der Waals surface area contributed by atoms with Crippen LogP contribution in [0.15, 0.2) is 23.8 Å². The average molecular weight is 468 g/mol.